The van der Waals surface area contributed by atoms with E-state index in [0.29, 0.717) is 6.54 Å². The van der Waals surface area contributed by atoms with Gasteiger partial charge >= 0.3 is 0 Å². The molecule has 2 N–H and O–H groups in total. The maximum atomic E-state index is 6.50. The van der Waals surface area contributed by atoms with E-state index in [1.54, 1.807) is 7.11 Å². The number of hydrogen-bond acceptors (Lipinski definition) is 3. The molecule has 20 heavy (non-hydrogen) atoms. The van der Waals surface area contributed by atoms with Gasteiger partial charge in [0, 0.05) is 22.5 Å². The van der Waals surface area contributed by atoms with Crippen LogP contribution in [0.5, 0.6) is 11.5 Å². The molecule has 0 unspecified atom stereocenters. The molecular weight excluding hydrogens is 274 g/mol. The summed E-state index contributed by atoms with van der Waals surface area (Å²) in [5.74, 6) is 1.50. The summed E-state index contributed by atoms with van der Waals surface area (Å²) in [5.41, 5.74) is 7.07. The van der Waals surface area contributed by atoms with Crippen LogP contribution in [0.2, 0.25) is 5.02 Å². The van der Waals surface area contributed by atoms with Crippen LogP contribution in [0.25, 0.3) is 0 Å². The van der Waals surface area contributed by atoms with Crippen molar-refractivity contribution >= 4 is 11.6 Å². The number of ether oxygens (including phenoxy) is 2. The second kappa shape index (κ2) is 6.23. The van der Waals surface area contributed by atoms with E-state index in [1.807, 2.05) is 26.0 Å². The Morgan fingerprint density at radius 2 is 1.95 bits per heavy atom. The van der Waals surface area contributed by atoms with Gasteiger partial charge in [0.15, 0.2) is 11.5 Å². The molecular formula is C16H24ClNO2. The Morgan fingerprint density at radius 1 is 1.30 bits per heavy atom. The number of halogens is 1. The lowest BCUT2D eigenvalue weighted by Crippen LogP contribution is -2.33. The highest BCUT2D eigenvalue weighted by Crippen LogP contribution is 2.50. The SMILES string of the molecule is COc1ccc(Cl)c(C2(CN)CCCC2)c1OC(C)C. The van der Waals surface area contributed by atoms with Crippen molar-refractivity contribution in [2.45, 2.75) is 51.0 Å². The Kier molecular flexibility index (Phi) is 4.82. The molecule has 0 bridgehead atoms. The zero-order valence-electron chi connectivity index (χ0n) is 12.5. The van der Waals surface area contributed by atoms with Crippen molar-refractivity contribution in [3.05, 3.63) is 22.7 Å². The van der Waals surface area contributed by atoms with Gasteiger partial charge in [-0.25, -0.2) is 0 Å². The Bertz CT molecular complexity index is 468. The molecule has 1 saturated carbocycles. The smallest absolute Gasteiger partial charge is 0.166 e. The summed E-state index contributed by atoms with van der Waals surface area (Å²) in [4.78, 5) is 0. The molecule has 0 saturated heterocycles. The minimum absolute atomic E-state index is 0.0670. The average Bonchev–Trinajstić information content (AvgIpc) is 2.88. The highest BCUT2D eigenvalue weighted by atomic mass is 35.5. The molecule has 3 nitrogen and oxygen atoms in total. The van der Waals surface area contributed by atoms with E-state index in [9.17, 15) is 0 Å². The van der Waals surface area contributed by atoms with Crippen molar-refractivity contribution < 1.29 is 9.47 Å². The van der Waals surface area contributed by atoms with Gasteiger partial charge < -0.3 is 15.2 Å². The Labute approximate surface area is 126 Å². The summed E-state index contributed by atoms with van der Waals surface area (Å²) in [6.45, 7) is 4.61. The molecule has 112 valence electrons. The topological polar surface area (TPSA) is 44.5 Å². The van der Waals surface area contributed by atoms with Crippen LogP contribution in [0.15, 0.2) is 12.1 Å². The first-order valence-corrected chi connectivity index (χ1v) is 7.65. The molecule has 4 heteroatoms. The zero-order valence-corrected chi connectivity index (χ0v) is 13.3. The fourth-order valence-corrected chi connectivity index (χ4v) is 3.50. The lowest BCUT2D eigenvalue weighted by atomic mass is 9.78. The van der Waals surface area contributed by atoms with E-state index in [0.717, 1.165) is 34.9 Å². The minimum Gasteiger partial charge on any atom is -0.493 e. The van der Waals surface area contributed by atoms with Crippen LogP contribution in [-0.2, 0) is 5.41 Å². The molecule has 2 rings (SSSR count). The number of rotatable bonds is 5. The first-order valence-electron chi connectivity index (χ1n) is 7.28. The summed E-state index contributed by atoms with van der Waals surface area (Å²) in [6.07, 6.45) is 4.56. The molecule has 0 radical (unpaired) electrons. The van der Waals surface area contributed by atoms with E-state index in [4.69, 9.17) is 26.8 Å². The predicted octanol–water partition coefficient (Wildman–Crippen LogP) is 3.91. The van der Waals surface area contributed by atoms with Crippen LogP contribution in [0.4, 0.5) is 0 Å². The summed E-state index contributed by atoms with van der Waals surface area (Å²) >= 11 is 6.50. The molecule has 0 aromatic heterocycles. The molecule has 0 spiro atoms. The lowest BCUT2D eigenvalue weighted by Gasteiger charge is -2.32. The zero-order chi connectivity index (χ0) is 14.8. The molecule has 1 aliphatic rings. The summed E-state index contributed by atoms with van der Waals surface area (Å²) in [7, 11) is 1.66. The molecule has 0 amide bonds. The monoisotopic (exact) mass is 297 g/mol. The third-order valence-corrected chi connectivity index (χ3v) is 4.44. The fraction of sp³-hybridized carbons (Fsp3) is 0.625. The van der Waals surface area contributed by atoms with Crippen molar-refractivity contribution in [3.8, 4) is 11.5 Å². The van der Waals surface area contributed by atoms with Gasteiger partial charge in [0.25, 0.3) is 0 Å². The summed E-state index contributed by atoms with van der Waals surface area (Å²) in [5, 5.41) is 0.730. The van der Waals surface area contributed by atoms with E-state index in [1.165, 1.54) is 12.8 Å². The maximum absolute atomic E-state index is 6.50. The van der Waals surface area contributed by atoms with Crippen molar-refractivity contribution in [2.75, 3.05) is 13.7 Å². The highest BCUT2D eigenvalue weighted by molar-refractivity contribution is 6.31. The summed E-state index contributed by atoms with van der Waals surface area (Å²) in [6, 6.07) is 3.75. The number of benzene rings is 1. The first-order chi connectivity index (χ1) is 9.54. The molecule has 0 aliphatic heterocycles. The van der Waals surface area contributed by atoms with Gasteiger partial charge in [-0.15, -0.1) is 0 Å². The van der Waals surface area contributed by atoms with Crippen LogP contribution in [0.1, 0.15) is 45.1 Å². The largest absolute Gasteiger partial charge is 0.493 e. The van der Waals surface area contributed by atoms with Gasteiger partial charge in [-0.2, -0.15) is 0 Å². The van der Waals surface area contributed by atoms with E-state index < -0.39 is 0 Å². The van der Waals surface area contributed by atoms with Crippen LogP contribution < -0.4 is 15.2 Å². The van der Waals surface area contributed by atoms with Gasteiger partial charge in [-0.3, -0.25) is 0 Å². The van der Waals surface area contributed by atoms with Crippen molar-refractivity contribution in [1.29, 1.82) is 0 Å². The highest BCUT2D eigenvalue weighted by Gasteiger charge is 2.39. The number of hydrogen-bond donors (Lipinski definition) is 1. The van der Waals surface area contributed by atoms with Gasteiger partial charge in [-0.1, -0.05) is 24.4 Å². The van der Waals surface area contributed by atoms with Gasteiger partial charge in [0.1, 0.15) is 0 Å². The maximum Gasteiger partial charge on any atom is 0.166 e. The Morgan fingerprint density at radius 3 is 2.45 bits per heavy atom. The fourth-order valence-electron chi connectivity index (χ4n) is 3.16. The average molecular weight is 298 g/mol. The van der Waals surface area contributed by atoms with E-state index in [2.05, 4.69) is 0 Å². The van der Waals surface area contributed by atoms with Crippen LogP contribution in [0.3, 0.4) is 0 Å². The van der Waals surface area contributed by atoms with Gasteiger partial charge in [0.2, 0.25) is 0 Å². The standard InChI is InChI=1S/C16H24ClNO2/c1-11(2)20-15-13(19-3)7-6-12(17)14(15)16(10-18)8-4-5-9-16/h6-7,11H,4-5,8-10,18H2,1-3H3. The second-order valence-corrected chi connectivity index (χ2v) is 6.22. The molecule has 1 aromatic rings. The van der Waals surface area contributed by atoms with Crippen molar-refractivity contribution in [1.82, 2.24) is 0 Å². The molecule has 0 atom stereocenters. The quantitative estimate of drug-likeness (QED) is 0.896. The Balaban J connectivity index is 2.59. The van der Waals surface area contributed by atoms with Crippen molar-refractivity contribution in [2.24, 2.45) is 5.73 Å². The van der Waals surface area contributed by atoms with Crippen LogP contribution in [0, 0.1) is 0 Å². The van der Waals surface area contributed by atoms with Crippen LogP contribution in [-0.4, -0.2) is 19.8 Å². The van der Waals surface area contributed by atoms with E-state index in [-0.39, 0.29) is 11.5 Å². The van der Waals surface area contributed by atoms with E-state index >= 15 is 0 Å². The lowest BCUT2D eigenvalue weighted by molar-refractivity contribution is 0.222. The van der Waals surface area contributed by atoms with Crippen LogP contribution >= 0.6 is 11.6 Å². The third-order valence-electron chi connectivity index (χ3n) is 4.13. The second-order valence-electron chi connectivity index (χ2n) is 5.81. The van der Waals surface area contributed by atoms with Gasteiger partial charge in [0.05, 0.1) is 13.2 Å². The number of methoxy groups -OCH3 is 1. The van der Waals surface area contributed by atoms with Gasteiger partial charge in [-0.05, 0) is 38.8 Å². The first kappa shape index (κ1) is 15.5. The number of nitrogens with two attached hydrogens (primary N) is 1. The predicted molar refractivity (Wildman–Crippen MR) is 83.0 cm³/mol. The molecule has 1 aliphatic carbocycles. The van der Waals surface area contributed by atoms with Crippen molar-refractivity contribution in [3.63, 3.8) is 0 Å². The minimum atomic E-state index is -0.0736. The summed E-state index contributed by atoms with van der Waals surface area (Å²) < 4.78 is 11.5. The normalized spacial score (nSPS) is 17.5. The third kappa shape index (κ3) is 2.75. The molecule has 0 heterocycles. The Hall–Kier alpha value is -0.930. The molecule has 1 aromatic carbocycles. The molecule has 1 fully saturated rings.